The summed E-state index contributed by atoms with van der Waals surface area (Å²) in [5, 5.41) is 12.8. The lowest BCUT2D eigenvalue weighted by atomic mass is 10.1. The number of benzene rings is 1. The van der Waals surface area contributed by atoms with E-state index in [-0.39, 0.29) is 5.91 Å². The van der Waals surface area contributed by atoms with Crippen LogP contribution >= 0.6 is 0 Å². The lowest BCUT2D eigenvalue weighted by Crippen LogP contribution is -2.49. The van der Waals surface area contributed by atoms with Gasteiger partial charge in [0.1, 0.15) is 5.75 Å². The molecule has 2 aliphatic rings. The second kappa shape index (κ2) is 6.03. The predicted molar refractivity (Wildman–Crippen MR) is 81.3 cm³/mol. The van der Waals surface area contributed by atoms with Crippen LogP contribution in [0, 0.1) is 0 Å². The highest BCUT2D eigenvalue weighted by Gasteiger charge is 2.38. The predicted octanol–water partition coefficient (Wildman–Crippen LogP) is 0.612. The van der Waals surface area contributed by atoms with Crippen molar-refractivity contribution in [3.63, 3.8) is 0 Å². The molecular formula is C16H23N3O2. The van der Waals surface area contributed by atoms with Crippen LogP contribution in [0.25, 0.3) is 0 Å². The molecule has 1 saturated heterocycles. The summed E-state index contributed by atoms with van der Waals surface area (Å²) in [6.07, 6.45) is 1.04. The number of nitrogens with zero attached hydrogens (tertiary/aromatic N) is 2. The van der Waals surface area contributed by atoms with E-state index in [0.717, 1.165) is 38.2 Å². The topological polar surface area (TPSA) is 55.8 Å². The average Bonchev–Trinajstić information content (AvgIpc) is 3.25. The molecule has 2 unspecified atom stereocenters. The first-order chi connectivity index (χ1) is 10.1. The summed E-state index contributed by atoms with van der Waals surface area (Å²) in [4.78, 5) is 16.3. The van der Waals surface area contributed by atoms with E-state index in [4.69, 9.17) is 0 Å². The van der Waals surface area contributed by atoms with E-state index in [0.29, 0.717) is 24.3 Å². The van der Waals surface area contributed by atoms with Crippen LogP contribution < -0.4 is 5.32 Å². The van der Waals surface area contributed by atoms with Crippen molar-refractivity contribution >= 4 is 5.91 Å². The molecule has 1 aromatic carbocycles. The number of likely N-dealkylation sites (N-methyl/N-ethyl adjacent to an activating group) is 1. The number of amides is 1. The van der Waals surface area contributed by atoms with E-state index >= 15 is 0 Å². The molecule has 1 saturated carbocycles. The maximum Gasteiger partial charge on any atom is 0.236 e. The molecule has 1 aliphatic heterocycles. The molecule has 2 fully saturated rings. The zero-order valence-electron chi connectivity index (χ0n) is 12.5. The largest absolute Gasteiger partial charge is 0.508 e. The highest BCUT2D eigenvalue weighted by molar-refractivity contribution is 5.78. The van der Waals surface area contributed by atoms with Gasteiger partial charge in [-0.15, -0.1) is 0 Å². The van der Waals surface area contributed by atoms with Crippen molar-refractivity contribution in [1.82, 2.24) is 15.1 Å². The summed E-state index contributed by atoms with van der Waals surface area (Å²) >= 11 is 0. The SMILES string of the molecule is CN1CCN(C(=O)CNC2CC2c2cccc(O)c2)CC1. The normalized spacial score (nSPS) is 25.9. The van der Waals surface area contributed by atoms with E-state index in [9.17, 15) is 9.90 Å². The van der Waals surface area contributed by atoms with Gasteiger partial charge in [-0.05, 0) is 31.2 Å². The van der Waals surface area contributed by atoms with E-state index in [2.05, 4.69) is 17.3 Å². The van der Waals surface area contributed by atoms with Crippen LogP contribution in [0.2, 0.25) is 0 Å². The molecule has 5 heteroatoms. The number of piperazine rings is 1. The van der Waals surface area contributed by atoms with E-state index in [1.807, 2.05) is 23.1 Å². The van der Waals surface area contributed by atoms with Crippen LogP contribution in [0.5, 0.6) is 5.75 Å². The van der Waals surface area contributed by atoms with Crippen molar-refractivity contribution in [3.8, 4) is 5.75 Å². The van der Waals surface area contributed by atoms with Gasteiger partial charge in [-0.3, -0.25) is 4.79 Å². The third-order valence-electron chi connectivity index (χ3n) is 4.46. The van der Waals surface area contributed by atoms with Crippen LogP contribution in [-0.4, -0.2) is 66.6 Å². The van der Waals surface area contributed by atoms with Crippen molar-refractivity contribution in [1.29, 1.82) is 0 Å². The number of aromatic hydroxyl groups is 1. The summed E-state index contributed by atoms with van der Waals surface area (Å²) in [6.45, 7) is 4.00. The van der Waals surface area contributed by atoms with Gasteiger partial charge in [0.05, 0.1) is 6.54 Å². The fourth-order valence-electron chi connectivity index (χ4n) is 2.93. The van der Waals surface area contributed by atoms with Crippen molar-refractivity contribution in [3.05, 3.63) is 29.8 Å². The van der Waals surface area contributed by atoms with Gasteiger partial charge in [-0.1, -0.05) is 12.1 Å². The number of carbonyl (C=O) groups is 1. The molecule has 2 N–H and O–H groups in total. The van der Waals surface area contributed by atoms with Crippen LogP contribution in [0.4, 0.5) is 0 Å². The van der Waals surface area contributed by atoms with Crippen LogP contribution in [0.1, 0.15) is 17.9 Å². The number of hydrogen-bond donors (Lipinski definition) is 2. The Morgan fingerprint density at radius 1 is 1.33 bits per heavy atom. The van der Waals surface area contributed by atoms with Crippen molar-refractivity contribution in [2.45, 2.75) is 18.4 Å². The molecule has 0 bridgehead atoms. The van der Waals surface area contributed by atoms with Gasteiger partial charge in [-0.2, -0.15) is 0 Å². The molecule has 0 spiro atoms. The minimum atomic E-state index is 0.199. The number of nitrogens with one attached hydrogen (secondary N) is 1. The number of phenols is 1. The maximum atomic E-state index is 12.1. The summed E-state index contributed by atoms with van der Waals surface area (Å²) in [6, 6.07) is 7.77. The molecule has 5 nitrogen and oxygen atoms in total. The zero-order chi connectivity index (χ0) is 14.8. The Morgan fingerprint density at radius 3 is 2.81 bits per heavy atom. The Bertz CT molecular complexity index is 512. The molecular weight excluding hydrogens is 266 g/mol. The second-order valence-electron chi connectivity index (χ2n) is 6.11. The number of hydrogen-bond acceptors (Lipinski definition) is 4. The Labute approximate surface area is 125 Å². The first-order valence-electron chi connectivity index (χ1n) is 7.62. The number of carbonyl (C=O) groups excluding carboxylic acids is 1. The van der Waals surface area contributed by atoms with Crippen LogP contribution in [-0.2, 0) is 4.79 Å². The molecule has 1 aliphatic carbocycles. The van der Waals surface area contributed by atoms with Crippen LogP contribution in [0.3, 0.4) is 0 Å². The molecule has 0 radical (unpaired) electrons. The van der Waals surface area contributed by atoms with Gasteiger partial charge >= 0.3 is 0 Å². The first kappa shape index (κ1) is 14.4. The van der Waals surface area contributed by atoms with Crippen LogP contribution in [0.15, 0.2) is 24.3 Å². The number of rotatable bonds is 4. The quantitative estimate of drug-likeness (QED) is 0.853. The van der Waals surface area contributed by atoms with Gasteiger partial charge in [0.2, 0.25) is 5.91 Å². The Kier molecular flexibility index (Phi) is 4.12. The van der Waals surface area contributed by atoms with Gasteiger partial charge in [0.25, 0.3) is 0 Å². The highest BCUT2D eigenvalue weighted by atomic mass is 16.3. The monoisotopic (exact) mass is 289 g/mol. The van der Waals surface area contributed by atoms with Gasteiger partial charge < -0.3 is 20.2 Å². The Morgan fingerprint density at radius 2 is 2.10 bits per heavy atom. The fourth-order valence-corrected chi connectivity index (χ4v) is 2.93. The third-order valence-corrected chi connectivity index (χ3v) is 4.46. The second-order valence-corrected chi connectivity index (χ2v) is 6.11. The minimum absolute atomic E-state index is 0.199. The molecule has 114 valence electrons. The molecule has 21 heavy (non-hydrogen) atoms. The summed E-state index contributed by atoms with van der Waals surface area (Å²) < 4.78 is 0. The van der Waals surface area contributed by atoms with E-state index in [1.165, 1.54) is 0 Å². The lowest BCUT2D eigenvalue weighted by molar-refractivity contribution is -0.131. The van der Waals surface area contributed by atoms with Crippen molar-refractivity contribution in [2.75, 3.05) is 39.8 Å². The summed E-state index contributed by atoms with van der Waals surface area (Å²) in [7, 11) is 2.09. The molecule has 2 atom stereocenters. The average molecular weight is 289 g/mol. The van der Waals surface area contributed by atoms with E-state index < -0.39 is 0 Å². The molecule has 3 rings (SSSR count). The Balaban J connectivity index is 1.44. The first-order valence-corrected chi connectivity index (χ1v) is 7.62. The zero-order valence-corrected chi connectivity index (χ0v) is 12.5. The smallest absolute Gasteiger partial charge is 0.236 e. The summed E-state index contributed by atoms with van der Waals surface area (Å²) in [5.41, 5.74) is 1.15. The van der Waals surface area contributed by atoms with Crippen molar-refractivity contribution < 1.29 is 9.90 Å². The molecule has 1 heterocycles. The van der Waals surface area contributed by atoms with E-state index in [1.54, 1.807) is 6.07 Å². The standard InChI is InChI=1S/C16H23N3O2/c1-18-5-7-19(8-6-18)16(21)11-17-15-10-14(15)12-3-2-4-13(20)9-12/h2-4,9,14-15,17,20H,5-8,10-11H2,1H3. The number of phenolic OH excluding ortho intramolecular Hbond substituents is 1. The molecule has 0 aromatic heterocycles. The molecule has 1 amide bonds. The minimum Gasteiger partial charge on any atom is -0.508 e. The lowest BCUT2D eigenvalue weighted by Gasteiger charge is -2.32. The van der Waals surface area contributed by atoms with Gasteiger partial charge in [0, 0.05) is 38.1 Å². The third kappa shape index (κ3) is 3.54. The summed E-state index contributed by atoms with van der Waals surface area (Å²) in [5.74, 6) is 0.939. The highest BCUT2D eigenvalue weighted by Crippen LogP contribution is 2.41. The fraction of sp³-hybridized carbons (Fsp3) is 0.562. The Hall–Kier alpha value is -1.59. The van der Waals surface area contributed by atoms with Gasteiger partial charge in [0.15, 0.2) is 0 Å². The molecule has 1 aromatic rings. The van der Waals surface area contributed by atoms with Gasteiger partial charge in [-0.25, -0.2) is 0 Å². The maximum absolute atomic E-state index is 12.1. The van der Waals surface area contributed by atoms with Crippen molar-refractivity contribution in [2.24, 2.45) is 0 Å².